The first-order valence-corrected chi connectivity index (χ1v) is 7.93. The molecule has 1 unspecified atom stereocenters. The Morgan fingerprint density at radius 3 is 2.25 bits per heavy atom. The number of amides is 1. The van der Waals surface area contributed by atoms with Gasteiger partial charge in [0.1, 0.15) is 6.04 Å². The first-order chi connectivity index (χ1) is 9.40. The number of carboxylic acids is 1. The van der Waals surface area contributed by atoms with Crippen molar-refractivity contribution in [1.82, 2.24) is 5.32 Å². The van der Waals surface area contributed by atoms with Crippen molar-refractivity contribution in [3.63, 3.8) is 0 Å². The van der Waals surface area contributed by atoms with Crippen LogP contribution < -0.4 is 5.32 Å². The lowest BCUT2D eigenvalue weighted by Gasteiger charge is -2.28. The zero-order valence-corrected chi connectivity index (χ0v) is 13.0. The molecule has 2 N–H and O–H groups in total. The van der Waals surface area contributed by atoms with Crippen molar-refractivity contribution >= 4 is 11.9 Å². The van der Waals surface area contributed by atoms with E-state index in [4.69, 9.17) is 5.11 Å². The fourth-order valence-corrected chi connectivity index (χ4v) is 2.92. The molecule has 0 bridgehead atoms. The molecule has 0 aliphatic heterocycles. The van der Waals surface area contributed by atoms with Gasteiger partial charge in [-0.3, -0.25) is 9.59 Å². The van der Waals surface area contributed by atoms with E-state index in [1.165, 1.54) is 26.2 Å². The molecule has 0 heterocycles. The first-order valence-electron chi connectivity index (χ1n) is 7.93. The third-order valence-electron chi connectivity index (χ3n) is 4.34. The highest BCUT2D eigenvalue weighted by atomic mass is 16.4. The molecule has 1 amide bonds. The minimum absolute atomic E-state index is 0.0122. The summed E-state index contributed by atoms with van der Waals surface area (Å²) < 4.78 is 0. The van der Waals surface area contributed by atoms with Crippen molar-refractivity contribution < 1.29 is 14.7 Å². The van der Waals surface area contributed by atoms with Crippen molar-refractivity contribution in [2.75, 3.05) is 0 Å². The van der Waals surface area contributed by atoms with Crippen LogP contribution in [0.25, 0.3) is 0 Å². The predicted molar refractivity (Wildman–Crippen MR) is 79.4 cm³/mol. The Balaban J connectivity index is 2.24. The van der Waals surface area contributed by atoms with Crippen LogP contribution in [0.15, 0.2) is 0 Å². The second-order valence-corrected chi connectivity index (χ2v) is 6.61. The zero-order valence-electron chi connectivity index (χ0n) is 13.0. The molecule has 116 valence electrons. The number of nitrogens with one attached hydrogen (secondary N) is 1. The predicted octanol–water partition coefficient (Wildman–Crippen LogP) is 3.21. The summed E-state index contributed by atoms with van der Waals surface area (Å²) in [5, 5.41) is 11.4. The van der Waals surface area contributed by atoms with E-state index in [9.17, 15) is 9.59 Å². The molecule has 1 atom stereocenters. The Morgan fingerprint density at radius 1 is 1.15 bits per heavy atom. The molecular weight excluding hydrogens is 254 g/mol. The van der Waals surface area contributed by atoms with E-state index in [2.05, 4.69) is 19.2 Å². The van der Waals surface area contributed by atoms with Gasteiger partial charge < -0.3 is 10.4 Å². The van der Waals surface area contributed by atoms with E-state index in [-0.39, 0.29) is 11.8 Å². The van der Waals surface area contributed by atoms with Gasteiger partial charge in [-0.25, -0.2) is 0 Å². The number of carbonyl (C=O) groups is 2. The molecule has 1 aliphatic carbocycles. The third-order valence-corrected chi connectivity index (χ3v) is 4.34. The third kappa shape index (κ3) is 5.93. The van der Waals surface area contributed by atoms with Crippen LogP contribution in [-0.2, 0) is 9.59 Å². The fraction of sp³-hybridized carbons (Fsp3) is 0.875. The Labute approximate surface area is 122 Å². The van der Waals surface area contributed by atoms with Gasteiger partial charge in [0.15, 0.2) is 0 Å². The van der Waals surface area contributed by atoms with Crippen molar-refractivity contribution in [2.45, 2.75) is 71.8 Å². The van der Waals surface area contributed by atoms with Crippen LogP contribution in [0.4, 0.5) is 0 Å². The summed E-state index contributed by atoms with van der Waals surface area (Å²) in [7, 11) is 0. The highest BCUT2D eigenvalue weighted by Crippen LogP contribution is 2.32. The quantitative estimate of drug-likeness (QED) is 0.754. The van der Waals surface area contributed by atoms with E-state index in [1.807, 2.05) is 0 Å². The number of hydrogen-bond donors (Lipinski definition) is 2. The zero-order chi connectivity index (χ0) is 15.1. The SMILES string of the molecule is CC(C)CCC[C@H]1CC[C@H](C(=O)NC(C)C(=O)O)CC1. The molecule has 4 heteroatoms. The van der Waals surface area contributed by atoms with Gasteiger partial charge >= 0.3 is 5.97 Å². The molecule has 0 saturated heterocycles. The maximum absolute atomic E-state index is 11.9. The largest absolute Gasteiger partial charge is 0.480 e. The molecule has 1 saturated carbocycles. The van der Waals surface area contributed by atoms with Crippen molar-refractivity contribution in [1.29, 1.82) is 0 Å². The first kappa shape index (κ1) is 17.0. The Hall–Kier alpha value is -1.06. The Morgan fingerprint density at radius 2 is 1.75 bits per heavy atom. The summed E-state index contributed by atoms with van der Waals surface area (Å²) >= 11 is 0. The molecular formula is C16H29NO3. The van der Waals surface area contributed by atoms with E-state index in [0.717, 1.165) is 37.5 Å². The van der Waals surface area contributed by atoms with Gasteiger partial charge in [0.25, 0.3) is 0 Å². The lowest BCUT2D eigenvalue weighted by molar-refractivity contribution is -0.142. The smallest absolute Gasteiger partial charge is 0.325 e. The number of hydrogen-bond acceptors (Lipinski definition) is 2. The topological polar surface area (TPSA) is 66.4 Å². The summed E-state index contributed by atoms with van der Waals surface area (Å²) in [6.45, 7) is 6.02. The highest BCUT2D eigenvalue weighted by Gasteiger charge is 2.27. The van der Waals surface area contributed by atoms with Crippen LogP contribution in [0.2, 0.25) is 0 Å². The van der Waals surface area contributed by atoms with Gasteiger partial charge in [0.05, 0.1) is 0 Å². The summed E-state index contributed by atoms with van der Waals surface area (Å²) in [4.78, 5) is 22.7. The summed E-state index contributed by atoms with van der Waals surface area (Å²) in [5.41, 5.74) is 0. The van der Waals surface area contributed by atoms with Crippen LogP contribution in [0.1, 0.15) is 65.7 Å². The average Bonchev–Trinajstić information content (AvgIpc) is 2.38. The summed E-state index contributed by atoms with van der Waals surface area (Å²) in [6.07, 6.45) is 7.88. The van der Waals surface area contributed by atoms with E-state index < -0.39 is 12.0 Å². The monoisotopic (exact) mass is 283 g/mol. The minimum Gasteiger partial charge on any atom is -0.480 e. The van der Waals surface area contributed by atoms with Crippen LogP contribution in [0.5, 0.6) is 0 Å². The normalized spacial score (nSPS) is 24.4. The summed E-state index contributed by atoms with van der Waals surface area (Å²) in [6, 6.07) is -0.786. The number of carbonyl (C=O) groups excluding carboxylic acids is 1. The molecule has 0 aromatic heterocycles. The summed E-state index contributed by atoms with van der Waals surface area (Å²) in [5.74, 6) is 0.490. The minimum atomic E-state index is -0.972. The van der Waals surface area contributed by atoms with Gasteiger partial charge in [-0.15, -0.1) is 0 Å². The van der Waals surface area contributed by atoms with Crippen LogP contribution in [-0.4, -0.2) is 23.0 Å². The number of rotatable bonds is 7. The van der Waals surface area contributed by atoms with Crippen LogP contribution in [0, 0.1) is 17.8 Å². The van der Waals surface area contributed by atoms with Gasteiger partial charge in [-0.05, 0) is 44.4 Å². The maximum atomic E-state index is 11.9. The van der Waals surface area contributed by atoms with E-state index >= 15 is 0 Å². The maximum Gasteiger partial charge on any atom is 0.325 e. The van der Waals surface area contributed by atoms with Gasteiger partial charge in [0, 0.05) is 5.92 Å². The second kappa shape index (κ2) is 8.28. The van der Waals surface area contributed by atoms with Crippen molar-refractivity contribution in [3.8, 4) is 0 Å². The highest BCUT2D eigenvalue weighted by molar-refractivity contribution is 5.84. The molecule has 1 aliphatic rings. The Kier molecular flexibility index (Phi) is 7.03. The average molecular weight is 283 g/mol. The molecule has 1 rings (SSSR count). The molecule has 1 fully saturated rings. The molecule has 4 nitrogen and oxygen atoms in total. The molecule has 20 heavy (non-hydrogen) atoms. The molecule has 0 radical (unpaired) electrons. The number of aliphatic carboxylic acids is 1. The Bertz CT molecular complexity index is 320. The van der Waals surface area contributed by atoms with Crippen LogP contribution >= 0.6 is 0 Å². The lowest BCUT2D eigenvalue weighted by atomic mass is 9.79. The lowest BCUT2D eigenvalue weighted by Crippen LogP contribution is -2.42. The van der Waals surface area contributed by atoms with E-state index in [1.54, 1.807) is 0 Å². The van der Waals surface area contributed by atoms with Gasteiger partial charge in [-0.2, -0.15) is 0 Å². The number of carboxylic acid groups (broad SMARTS) is 1. The second-order valence-electron chi connectivity index (χ2n) is 6.61. The van der Waals surface area contributed by atoms with Gasteiger partial charge in [0.2, 0.25) is 5.91 Å². The van der Waals surface area contributed by atoms with Crippen molar-refractivity contribution in [3.05, 3.63) is 0 Å². The van der Waals surface area contributed by atoms with Crippen LogP contribution in [0.3, 0.4) is 0 Å². The van der Waals surface area contributed by atoms with Gasteiger partial charge in [-0.1, -0.05) is 33.1 Å². The fourth-order valence-electron chi connectivity index (χ4n) is 2.92. The standard InChI is InChI=1S/C16H29NO3/c1-11(2)5-4-6-13-7-9-14(10-8-13)15(18)17-12(3)16(19)20/h11-14H,4-10H2,1-3H3,(H,17,18)(H,19,20)/t12?,13-,14-. The van der Waals surface area contributed by atoms with E-state index in [0.29, 0.717) is 0 Å². The molecule has 0 aromatic carbocycles. The van der Waals surface area contributed by atoms with Crippen molar-refractivity contribution in [2.24, 2.45) is 17.8 Å². The molecule has 0 spiro atoms. The molecule has 0 aromatic rings.